The Morgan fingerprint density at radius 3 is 1.60 bits per heavy atom. The average Bonchev–Trinajstić information content (AvgIpc) is 2.76. The Morgan fingerprint density at radius 1 is 0.633 bits per heavy atom. The molecule has 0 aromatic rings. The molecule has 0 N–H and O–H groups in total. The zero-order valence-electron chi connectivity index (χ0n) is 22.3. The van der Waals surface area contributed by atoms with Crippen molar-refractivity contribution in [2.75, 3.05) is 0 Å². The summed E-state index contributed by atoms with van der Waals surface area (Å²) < 4.78 is 0. The monoisotopic (exact) mass is 420 g/mol. The van der Waals surface area contributed by atoms with Gasteiger partial charge in [0.2, 0.25) is 0 Å². The van der Waals surface area contributed by atoms with Crippen molar-refractivity contribution in [3.63, 3.8) is 0 Å². The van der Waals surface area contributed by atoms with Crippen LogP contribution in [0.4, 0.5) is 0 Å². The summed E-state index contributed by atoms with van der Waals surface area (Å²) in [6, 6.07) is 0. The van der Waals surface area contributed by atoms with Crippen LogP contribution in [0.5, 0.6) is 0 Å². The van der Waals surface area contributed by atoms with Crippen LogP contribution in [-0.2, 0) is 0 Å². The highest BCUT2D eigenvalue weighted by atomic mass is 14.1. The van der Waals surface area contributed by atoms with Gasteiger partial charge in [-0.3, -0.25) is 0 Å². The largest absolute Gasteiger partial charge is 0.103 e. The quantitative estimate of drug-likeness (QED) is 0.153. The molecule has 0 aliphatic rings. The van der Waals surface area contributed by atoms with Crippen LogP contribution in [0.15, 0.2) is 37.0 Å². The minimum Gasteiger partial charge on any atom is -0.103 e. The molecule has 0 saturated carbocycles. The van der Waals surface area contributed by atoms with Gasteiger partial charge in [-0.2, -0.15) is 0 Å². The molecule has 0 heteroatoms. The summed E-state index contributed by atoms with van der Waals surface area (Å²) in [6.07, 6.45) is 24.2. The molecule has 0 saturated heterocycles. The number of hydrogen-bond donors (Lipinski definition) is 0. The summed E-state index contributed by atoms with van der Waals surface area (Å²) in [5.74, 6) is 0.747. The normalized spacial score (nSPS) is 10.9. The summed E-state index contributed by atoms with van der Waals surface area (Å²) in [7, 11) is 0. The lowest BCUT2D eigenvalue weighted by Crippen LogP contribution is -1.98. The maximum Gasteiger partial charge on any atom is -0.0234 e. The van der Waals surface area contributed by atoms with Gasteiger partial charge in [0.25, 0.3) is 0 Å². The second kappa shape index (κ2) is 30.4. The first-order chi connectivity index (χ1) is 14.4. The molecular formula is C30H60. The van der Waals surface area contributed by atoms with Gasteiger partial charge >= 0.3 is 0 Å². The van der Waals surface area contributed by atoms with Crippen LogP contribution < -0.4 is 0 Å². The standard InChI is InChI=1S/2C12H24.C6H12/c1-5-7-9-11(3)12(4)10-8-6-2;1-4-6-8-9-11-12(3)10-7-5-2;1-3-5-6-4-2/h12H,3,5-10H2,1-2,4H3;3-11H2,1-2H3;3H,1,4-6H2,2H3. The molecule has 180 valence electrons. The predicted molar refractivity (Wildman–Crippen MR) is 144 cm³/mol. The van der Waals surface area contributed by atoms with Crippen molar-refractivity contribution >= 4 is 0 Å². The van der Waals surface area contributed by atoms with E-state index < -0.39 is 0 Å². The van der Waals surface area contributed by atoms with E-state index in [9.17, 15) is 0 Å². The highest BCUT2D eigenvalue weighted by Gasteiger charge is 2.04. The zero-order chi connectivity index (χ0) is 23.5. The van der Waals surface area contributed by atoms with Crippen LogP contribution in [0.25, 0.3) is 0 Å². The minimum absolute atomic E-state index is 0.747. The molecule has 0 amide bonds. The average molecular weight is 421 g/mol. The SMILES string of the molecule is C=C(CCCC)C(C)CCCC.C=C(CCCC)CCCCCC.C=CCCCC. The molecule has 30 heavy (non-hydrogen) atoms. The molecule has 0 heterocycles. The first kappa shape index (κ1) is 33.8. The lowest BCUT2D eigenvalue weighted by molar-refractivity contribution is 0.548. The van der Waals surface area contributed by atoms with Crippen molar-refractivity contribution in [2.24, 2.45) is 5.92 Å². The van der Waals surface area contributed by atoms with E-state index in [4.69, 9.17) is 0 Å². The molecule has 0 bridgehead atoms. The highest BCUT2D eigenvalue weighted by Crippen LogP contribution is 2.20. The maximum atomic E-state index is 4.15. The second-order valence-electron chi connectivity index (χ2n) is 8.90. The van der Waals surface area contributed by atoms with Crippen LogP contribution in [0.3, 0.4) is 0 Å². The van der Waals surface area contributed by atoms with Crippen LogP contribution >= 0.6 is 0 Å². The highest BCUT2D eigenvalue weighted by molar-refractivity contribution is 4.98. The molecule has 0 fully saturated rings. The molecule has 0 aliphatic heterocycles. The Balaban J connectivity index is -0.000000386. The smallest absolute Gasteiger partial charge is 0.0234 e. The van der Waals surface area contributed by atoms with Crippen LogP contribution in [0.2, 0.25) is 0 Å². The third kappa shape index (κ3) is 31.9. The summed E-state index contributed by atoms with van der Waals surface area (Å²) >= 11 is 0. The van der Waals surface area contributed by atoms with E-state index in [1.54, 1.807) is 0 Å². The van der Waals surface area contributed by atoms with Gasteiger partial charge in [0.05, 0.1) is 0 Å². The van der Waals surface area contributed by atoms with Crippen LogP contribution in [-0.4, -0.2) is 0 Å². The molecule has 0 aromatic heterocycles. The molecule has 0 rings (SSSR count). The molecular weight excluding hydrogens is 360 g/mol. The van der Waals surface area contributed by atoms with Gasteiger partial charge in [-0.05, 0) is 57.3 Å². The first-order valence-electron chi connectivity index (χ1n) is 13.4. The second-order valence-corrected chi connectivity index (χ2v) is 8.90. The number of rotatable bonds is 18. The van der Waals surface area contributed by atoms with Crippen molar-refractivity contribution < 1.29 is 0 Å². The molecule has 1 unspecified atom stereocenters. The fraction of sp³-hybridized carbons (Fsp3) is 0.800. The lowest BCUT2D eigenvalue weighted by atomic mass is 9.93. The van der Waals surface area contributed by atoms with Gasteiger partial charge in [0.15, 0.2) is 0 Å². The lowest BCUT2D eigenvalue weighted by Gasteiger charge is -2.13. The van der Waals surface area contributed by atoms with Crippen molar-refractivity contribution in [1.29, 1.82) is 0 Å². The van der Waals surface area contributed by atoms with Crippen LogP contribution in [0, 0.1) is 5.92 Å². The van der Waals surface area contributed by atoms with E-state index in [0.29, 0.717) is 0 Å². The minimum atomic E-state index is 0.747. The number of hydrogen-bond acceptors (Lipinski definition) is 0. The van der Waals surface area contributed by atoms with E-state index >= 15 is 0 Å². The van der Waals surface area contributed by atoms with Gasteiger partial charge in [0, 0.05) is 0 Å². The Hall–Kier alpha value is -0.780. The van der Waals surface area contributed by atoms with Gasteiger partial charge in [-0.15, -0.1) is 6.58 Å². The number of allylic oxidation sites excluding steroid dienone is 3. The van der Waals surface area contributed by atoms with Crippen molar-refractivity contribution in [3.05, 3.63) is 37.0 Å². The topological polar surface area (TPSA) is 0 Å². The van der Waals surface area contributed by atoms with E-state index in [-0.39, 0.29) is 0 Å². The van der Waals surface area contributed by atoms with Gasteiger partial charge < -0.3 is 0 Å². The molecule has 0 aromatic carbocycles. The van der Waals surface area contributed by atoms with Gasteiger partial charge in [-0.1, -0.05) is 130 Å². The van der Waals surface area contributed by atoms with E-state index in [2.05, 4.69) is 61.3 Å². The summed E-state index contributed by atoms with van der Waals surface area (Å²) in [5.41, 5.74) is 2.93. The molecule has 0 spiro atoms. The molecule has 0 radical (unpaired) electrons. The van der Waals surface area contributed by atoms with Crippen molar-refractivity contribution in [2.45, 2.75) is 151 Å². The van der Waals surface area contributed by atoms with E-state index in [0.717, 1.165) is 5.92 Å². The number of unbranched alkanes of at least 4 members (excludes halogenated alkanes) is 8. The summed E-state index contributed by atoms with van der Waals surface area (Å²) in [5, 5.41) is 0. The fourth-order valence-corrected chi connectivity index (χ4v) is 3.07. The Bertz CT molecular complexity index is 349. The zero-order valence-corrected chi connectivity index (χ0v) is 22.3. The first-order valence-corrected chi connectivity index (χ1v) is 13.4. The van der Waals surface area contributed by atoms with Gasteiger partial charge in [0.1, 0.15) is 0 Å². The maximum absolute atomic E-state index is 4.15. The third-order valence-electron chi connectivity index (χ3n) is 5.57. The summed E-state index contributed by atoms with van der Waals surface area (Å²) in [4.78, 5) is 0. The molecule has 1 atom stereocenters. The Labute approximate surface area is 193 Å². The predicted octanol–water partition coefficient (Wildman–Crippen LogP) is 11.6. The van der Waals surface area contributed by atoms with Crippen molar-refractivity contribution in [3.8, 4) is 0 Å². The summed E-state index contributed by atoms with van der Waals surface area (Å²) in [6.45, 7) is 25.3. The molecule has 0 aliphatic carbocycles. The Kier molecular flexibility index (Phi) is 34.3. The van der Waals surface area contributed by atoms with E-state index in [1.165, 1.54) is 120 Å². The van der Waals surface area contributed by atoms with Gasteiger partial charge in [-0.25, -0.2) is 0 Å². The third-order valence-corrected chi connectivity index (χ3v) is 5.57. The van der Waals surface area contributed by atoms with Crippen LogP contribution in [0.1, 0.15) is 151 Å². The van der Waals surface area contributed by atoms with E-state index in [1.807, 2.05) is 6.08 Å². The molecule has 0 nitrogen and oxygen atoms in total. The Morgan fingerprint density at radius 2 is 1.13 bits per heavy atom. The fourth-order valence-electron chi connectivity index (χ4n) is 3.07. The van der Waals surface area contributed by atoms with Crippen molar-refractivity contribution in [1.82, 2.24) is 0 Å².